The molecule has 3 heterocycles. The standard InChI is InChI=1S/C19H31N5O/c1-21-10-12-23(13-11-21)18(25)14-24-9-5-8-17(24)19-20-15-6-3-4-7-16(15)22(19)2/h17H,3-14H2,1-2H3/t17-/m0/s1. The summed E-state index contributed by atoms with van der Waals surface area (Å²) in [6.45, 7) is 5.27. The highest BCUT2D eigenvalue weighted by Gasteiger charge is 2.33. The van der Waals surface area contributed by atoms with Crippen LogP contribution in [-0.2, 0) is 24.7 Å². The van der Waals surface area contributed by atoms with Crippen molar-refractivity contribution >= 4 is 5.91 Å². The number of hydrogen-bond donors (Lipinski definition) is 0. The van der Waals surface area contributed by atoms with E-state index in [1.807, 2.05) is 4.90 Å². The van der Waals surface area contributed by atoms with Gasteiger partial charge in [-0.15, -0.1) is 0 Å². The fourth-order valence-electron chi connectivity index (χ4n) is 4.64. The van der Waals surface area contributed by atoms with Crippen LogP contribution < -0.4 is 0 Å². The Morgan fingerprint density at radius 1 is 1.04 bits per heavy atom. The lowest BCUT2D eigenvalue weighted by Gasteiger charge is -2.34. The smallest absolute Gasteiger partial charge is 0.236 e. The zero-order valence-corrected chi connectivity index (χ0v) is 15.7. The van der Waals surface area contributed by atoms with Crippen LogP contribution in [0.15, 0.2) is 0 Å². The number of aromatic nitrogens is 2. The topological polar surface area (TPSA) is 44.6 Å². The fraction of sp³-hybridized carbons (Fsp3) is 0.789. The normalized spacial score (nSPS) is 25.4. The zero-order chi connectivity index (χ0) is 17.4. The van der Waals surface area contributed by atoms with Gasteiger partial charge in [-0.2, -0.15) is 0 Å². The summed E-state index contributed by atoms with van der Waals surface area (Å²) in [6, 6.07) is 0.312. The molecule has 0 spiro atoms. The summed E-state index contributed by atoms with van der Waals surface area (Å²) < 4.78 is 2.33. The minimum Gasteiger partial charge on any atom is -0.339 e. The minimum absolute atomic E-state index is 0.291. The Hall–Kier alpha value is -1.40. The quantitative estimate of drug-likeness (QED) is 0.826. The highest BCUT2D eigenvalue weighted by molar-refractivity contribution is 5.78. The van der Waals surface area contributed by atoms with Crippen molar-refractivity contribution in [1.29, 1.82) is 0 Å². The van der Waals surface area contributed by atoms with Crippen molar-refractivity contribution < 1.29 is 4.79 Å². The van der Waals surface area contributed by atoms with E-state index in [0.717, 1.165) is 58.4 Å². The molecule has 2 aliphatic heterocycles. The molecule has 0 N–H and O–H groups in total. The number of carbonyl (C=O) groups excluding carboxylic acids is 1. The van der Waals surface area contributed by atoms with Crippen LogP contribution in [0.2, 0.25) is 0 Å². The summed E-state index contributed by atoms with van der Waals surface area (Å²) in [5, 5.41) is 0. The van der Waals surface area contributed by atoms with Crippen LogP contribution in [0.3, 0.4) is 0 Å². The second-order valence-corrected chi connectivity index (χ2v) is 7.94. The molecular formula is C19H31N5O. The van der Waals surface area contributed by atoms with Gasteiger partial charge in [0.15, 0.2) is 0 Å². The van der Waals surface area contributed by atoms with Crippen molar-refractivity contribution in [2.45, 2.75) is 44.6 Å². The Bertz CT molecular complexity index is 632. The van der Waals surface area contributed by atoms with E-state index in [1.54, 1.807) is 0 Å². The molecule has 138 valence electrons. The molecule has 25 heavy (non-hydrogen) atoms. The van der Waals surface area contributed by atoms with E-state index in [2.05, 4.69) is 28.5 Å². The first-order valence-corrected chi connectivity index (χ1v) is 9.88. The molecule has 1 aromatic heterocycles. The second-order valence-electron chi connectivity index (χ2n) is 7.94. The first-order chi connectivity index (χ1) is 12.1. The zero-order valence-electron chi connectivity index (χ0n) is 15.7. The van der Waals surface area contributed by atoms with Crippen LogP contribution in [0.5, 0.6) is 0 Å². The second kappa shape index (κ2) is 7.08. The highest BCUT2D eigenvalue weighted by Crippen LogP contribution is 2.33. The third-order valence-electron chi connectivity index (χ3n) is 6.26. The van der Waals surface area contributed by atoms with E-state index < -0.39 is 0 Å². The molecule has 1 aromatic rings. The number of likely N-dealkylation sites (N-methyl/N-ethyl adjacent to an activating group) is 1. The molecule has 0 aromatic carbocycles. The minimum atomic E-state index is 0.291. The predicted octanol–water partition coefficient (Wildman–Crippen LogP) is 1.21. The number of amides is 1. The number of likely N-dealkylation sites (tertiary alicyclic amines) is 1. The maximum Gasteiger partial charge on any atom is 0.236 e. The number of hydrogen-bond acceptors (Lipinski definition) is 4. The van der Waals surface area contributed by atoms with E-state index in [4.69, 9.17) is 4.98 Å². The first kappa shape index (κ1) is 17.0. The van der Waals surface area contributed by atoms with Crippen molar-refractivity contribution in [1.82, 2.24) is 24.3 Å². The average molecular weight is 345 g/mol. The van der Waals surface area contributed by atoms with Crippen LogP contribution in [0.4, 0.5) is 0 Å². The van der Waals surface area contributed by atoms with Crippen molar-refractivity contribution in [3.8, 4) is 0 Å². The van der Waals surface area contributed by atoms with Crippen molar-refractivity contribution in [2.24, 2.45) is 7.05 Å². The number of piperazine rings is 1. The van der Waals surface area contributed by atoms with Crippen molar-refractivity contribution in [2.75, 3.05) is 46.3 Å². The Balaban J connectivity index is 1.46. The summed E-state index contributed by atoms with van der Waals surface area (Å²) in [5.41, 5.74) is 2.74. The van der Waals surface area contributed by atoms with E-state index >= 15 is 0 Å². The average Bonchev–Trinajstić information content (AvgIpc) is 3.20. The van der Waals surface area contributed by atoms with E-state index in [1.165, 1.54) is 30.1 Å². The maximum atomic E-state index is 12.8. The number of rotatable bonds is 3. The Morgan fingerprint density at radius 2 is 1.80 bits per heavy atom. The summed E-state index contributed by atoms with van der Waals surface area (Å²) in [5.74, 6) is 1.48. The van der Waals surface area contributed by atoms with Gasteiger partial charge in [-0.3, -0.25) is 9.69 Å². The Labute approximate surface area is 150 Å². The van der Waals surface area contributed by atoms with Gasteiger partial charge >= 0.3 is 0 Å². The summed E-state index contributed by atoms with van der Waals surface area (Å²) in [7, 11) is 4.30. The molecule has 2 fully saturated rings. The molecule has 0 unspecified atom stereocenters. The van der Waals surface area contributed by atoms with Gasteiger partial charge < -0.3 is 14.4 Å². The largest absolute Gasteiger partial charge is 0.339 e. The lowest BCUT2D eigenvalue weighted by Crippen LogP contribution is -2.50. The molecule has 1 atom stereocenters. The fourth-order valence-corrected chi connectivity index (χ4v) is 4.64. The SMILES string of the molecule is CN1CCN(C(=O)CN2CCC[C@H]2c2nc3c(n2C)CCCC3)CC1. The third-order valence-corrected chi connectivity index (χ3v) is 6.26. The van der Waals surface area contributed by atoms with Gasteiger partial charge in [-0.25, -0.2) is 4.98 Å². The number of carbonyl (C=O) groups is 1. The number of nitrogens with zero attached hydrogens (tertiary/aromatic N) is 5. The monoisotopic (exact) mass is 345 g/mol. The van der Waals surface area contributed by atoms with Crippen molar-refractivity contribution in [3.63, 3.8) is 0 Å². The molecule has 0 saturated carbocycles. The first-order valence-electron chi connectivity index (χ1n) is 9.88. The lowest BCUT2D eigenvalue weighted by atomic mass is 10.0. The molecule has 6 heteroatoms. The summed E-state index contributed by atoms with van der Waals surface area (Å²) >= 11 is 0. The number of fused-ring (bicyclic) bond motifs is 1. The van der Waals surface area contributed by atoms with Crippen LogP contribution in [0.25, 0.3) is 0 Å². The van der Waals surface area contributed by atoms with Gasteiger partial charge in [0, 0.05) is 38.9 Å². The van der Waals surface area contributed by atoms with Crippen LogP contribution >= 0.6 is 0 Å². The molecule has 1 aliphatic carbocycles. The van der Waals surface area contributed by atoms with Crippen LogP contribution in [0, 0.1) is 0 Å². The third kappa shape index (κ3) is 3.34. The molecule has 3 aliphatic rings. The van der Waals surface area contributed by atoms with E-state index in [0.29, 0.717) is 18.5 Å². The molecule has 0 bridgehead atoms. The predicted molar refractivity (Wildman–Crippen MR) is 97.5 cm³/mol. The molecular weight excluding hydrogens is 314 g/mol. The lowest BCUT2D eigenvalue weighted by molar-refractivity contribution is -0.134. The van der Waals surface area contributed by atoms with Crippen LogP contribution in [-0.4, -0.2) is 76.5 Å². The van der Waals surface area contributed by atoms with Crippen molar-refractivity contribution in [3.05, 3.63) is 17.2 Å². The molecule has 4 rings (SSSR count). The maximum absolute atomic E-state index is 12.8. The van der Waals surface area contributed by atoms with Gasteiger partial charge in [0.25, 0.3) is 0 Å². The van der Waals surface area contributed by atoms with Gasteiger partial charge in [-0.1, -0.05) is 0 Å². The number of aryl methyl sites for hydroxylation is 1. The van der Waals surface area contributed by atoms with Gasteiger partial charge in [0.05, 0.1) is 18.3 Å². The Kier molecular flexibility index (Phi) is 4.82. The molecule has 0 radical (unpaired) electrons. The summed E-state index contributed by atoms with van der Waals surface area (Å²) in [6.07, 6.45) is 7.11. The van der Waals surface area contributed by atoms with Gasteiger partial charge in [0.1, 0.15) is 5.82 Å². The highest BCUT2D eigenvalue weighted by atomic mass is 16.2. The van der Waals surface area contributed by atoms with E-state index in [-0.39, 0.29) is 0 Å². The van der Waals surface area contributed by atoms with Crippen LogP contribution in [0.1, 0.15) is 48.9 Å². The van der Waals surface area contributed by atoms with Gasteiger partial charge in [0.2, 0.25) is 5.91 Å². The van der Waals surface area contributed by atoms with Gasteiger partial charge in [-0.05, 0) is 52.1 Å². The Morgan fingerprint density at radius 3 is 2.56 bits per heavy atom. The molecule has 1 amide bonds. The van der Waals surface area contributed by atoms with E-state index in [9.17, 15) is 4.79 Å². The number of imidazole rings is 1. The summed E-state index contributed by atoms with van der Waals surface area (Å²) in [4.78, 5) is 24.5. The molecule has 2 saturated heterocycles. The molecule has 6 nitrogen and oxygen atoms in total.